The topological polar surface area (TPSA) is 48.9 Å². The number of hydrogen-bond donors (Lipinski definition) is 2. The van der Waals surface area contributed by atoms with Crippen molar-refractivity contribution in [2.24, 2.45) is 10.9 Å². The molecule has 21 heavy (non-hydrogen) atoms. The summed E-state index contributed by atoms with van der Waals surface area (Å²) >= 11 is 0. The minimum absolute atomic E-state index is 0. The summed E-state index contributed by atoms with van der Waals surface area (Å²) in [6.45, 7) is 9.15. The Labute approximate surface area is 148 Å². The molecule has 0 heterocycles. The van der Waals surface area contributed by atoms with Gasteiger partial charge in [-0.3, -0.25) is 4.99 Å². The molecule has 0 bridgehead atoms. The van der Waals surface area contributed by atoms with Crippen molar-refractivity contribution in [3.63, 3.8) is 0 Å². The van der Waals surface area contributed by atoms with Gasteiger partial charge in [-0.05, 0) is 19.4 Å². The van der Waals surface area contributed by atoms with Crippen LogP contribution in [-0.4, -0.2) is 64.9 Å². The lowest BCUT2D eigenvalue weighted by molar-refractivity contribution is 0.162. The van der Waals surface area contributed by atoms with Crippen molar-refractivity contribution in [3.8, 4) is 0 Å². The Balaban J connectivity index is 0. The van der Waals surface area contributed by atoms with Gasteiger partial charge < -0.3 is 20.3 Å². The van der Waals surface area contributed by atoms with Gasteiger partial charge >= 0.3 is 0 Å². The Morgan fingerprint density at radius 1 is 1.14 bits per heavy atom. The largest absolute Gasteiger partial charge is 0.383 e. The molecule has 6 heteroatoms. The molecule has 0 radical (unpaired) electrons. The molecule has 128 valence electrons. The molecule has 0 aromatic rings. The van der Waals surface area contributed by atoms with Crippen LogP contribution in [0.1, 0.15) is 33.1 Å². The van der Waals surface area contributed by atoms with E-state index in [0.29, 0.717) is 0 Å². The molecule has 0 aliphatic heterocycles. The van der Waals surface area contributed by atoms with Crippen LogP contribution in [0.5, 0.6) is 0 Å². The van der Waals surface area contributed by atoms with Gasteiger partial charge in [-0.2, -0.15) is 0 Å². The van der Waals surface area contributed by atoms with Gasteiger partial charge in [0.05, 0.1) is 6.61 Å². The van der Waals surface area contributed by atoms with E-state index >= 15 is 0 Å². The average Bonchev–Trinajstić information content (AvgIpc) is 2.42. The maximum atomic E-state index is 5.06. The number of halogens is 1. The Kier molecular flexibility index (Phi) is 18.0. The summed E-state index contributed by atoms with van der Waals surface area (Å²) in [5, 5.41) is 6.69. The number of ether oxygens (including phenoxy) is 1. The minimum Gasteiger partial charge on any atom is -0.383 e. The SMILES string of the molecule is CN=C(NCCCCC(C)C)NCCN(C)CCOC.I. The first-order valence-electron chi connectivity index (χ1n) is 7.72. The van der Waals surface area contributed by atoms with Gasteiger partial charge in [0.2, 0.25) is 0 Å². The normalized spacial score (nSPS) is 11.7. The van der Waals surface area contributed by atoms with Gasteiger partial charge in [-0.1, -0.05) is 26.7 Å². The first-order chi connectivity index (χ1) is 9.60. The van der Waals surface area contributed by atoms with Crippen molar-refractivity contribution in [1.29, 1.82) is 0 Å². The molecule has 0 saturated carbocycles. The number of rotatable bonds is 11. The number of aliphatic imine (C=N–C) groups is 1. The van der Waals surface area contributed by atoms with Gasteiger partial charge in [0.25, 0.3) is 0 Å². The highest BCUT2D eigenvalue weighted by atomic mass is 127. The van der Waals surface area contributed by atoms with Crippen LogP contribution in [0.4, 0.5) is 0 Å². The van der Waals surface area contributed by atoms with Gasteiger partial charge in [0.15, 0.2) is 5.96 Å². The minimum atomic E-state index is 0. The molecule has 2 N–H and O–H groups in total. The van der Waals surface area contributed by atoms with E-state index in [1.165, 1.54) is 19.3 Å². The molecule has 0 amide bonds. The molecule has 0 atom stereocenters. The zero-order valence-corrected chi connectivity index (χ0v) is 16.8. The molecule has 0 unspecified atom stereocenters. The van der Waals surface area contributed by atoms with Crippen LogP contribution in [0, 0.1) is 5.92 Å². The van der Waals surface area contributed by atoms with Crippen molar-refractivity contribution in [2.75, 3.05) is 54.0 Å². The van der Waals surface area contributed by atoms with E-state index in [2.05, 4.69) is 41.4 Å². The Morgan fingerprint density at radius 3 is 2.38 bits per heavy atom. The summed E-state index contributed by atoms with van der Waals surface area (Å²) in [6.07, 6.45) is 3.78. The van der Waals surface area contributed by atoms with E-state index < -0.39 is 0 Å². The van der Waals surface area contributed by atoms with Crippen LogP contribution in [0.15, 0.2) is 4.99 Å². The summed E-state index contributed by atoms with van der Waals surface area (Å²) in [4.78, 5) is 6.47. The lowest BCUT2D eigenvalue weighted by Gasteiger charge is -2.17. The highest BCUT2D eigenvalue weighted by Gasteiger charge is 2.00. The van der Waals surface area contributed by atoms with E-state index in [-0.39, 0.29) is 24.0 Å². The quantitative estimate of drug-likeness (QED) is 0.236. The molecule has 0 aromatic carbocycles. The van der Waals surface area contributed by atoms with Crippen LogP contribution in [0.25, 0.3) is 0 Å². The Hall–Kier alpha value is -0.0800. The summed E-state index contributed by atoms with van der Waals surface area (Å²) < 4.78 is 5.06. The number of nitrogens with zero attached hydrogens (tertiary/aromatic N) is 2. The van der Waals surface area contributed by atoms with Crippen molar-refractivity contribution in [3.05, 3.63) is 0 Å². The summed E-state index contributed by atoms with van der Waals surface area (Å²) in [6, 6.07) is 0. The average molecular weight is 414 g/mol. The van der Waals surface area contributed by atoms with Gasteiger partial charge in [0.1, 0.15) is 0 Å². The maximum Gasteiger partial charge on any atom is 0.191 e. The standard InChI is InChI=1S/C15H34N4O.HI/c1-14(2)8-6-7-9-17-15(16-3)18-10-11-19(4)12-13-20-5;/h14H,6-13H2,1-5H3,(H2,16,17,18);1H. The second kappa shape index (κ2) is 16.3. The molecular weight excluding hydrogens is 379 g/mol. The zero-order chi connectivity index (χ0) is 15.2. The van der Waals surface area contributed by atoms with Gasteiger partial charge in [-0.25, -0.2) is 0 Å². The van der Waals surface area contributed by atoms with Crippen LogP contribution in [0.2, 0.25) is 0 Å². The van der Waals surface area contributed by atoms with E-state index in [1.807, 2.05) is 7.05 Å². The summed E-state index contributed by atoms with van der Waals surface area (Å²) in [5.41, 5.74) is 0. The second-order valence-corrected chi connectivity index (χ2v) is 5.61. The highest BCUT2D eigenvalue weighted by molar-refractivity contribution is 14.0. The fraction of sp³-hybridized carbons (Fsp3) is 0.933. The molecular formula is C15H35IN4O. The number of nitrogens with one attached hydrogen (secondary N) is 2. The third-order valence-electron chi connectivity index (χ3n) is 3.19. The zero-order valence-electron chi connectivity index (χ0n) is 14.4. The van der Waals surface area contributed by atoms with Gasteiger partial charge in [0, 0.05) is 40.3 Å². The first-order valence-corrected chi connectivity index (χ1v) is 7.72. The Morgan fingerprint density at radius 2 is 1.81 bits per heavy atom. The number of hydrogen-bond acceptors (Lipinski definition) is 3. The van der Waals surface area contributed by atoms with Gasteiger partial charge in [-0.15, -0.1) is 24.0 Å². The molecule has 0 saturated heterocycles. The van der Waals surface area contributed by atoms with E-state index in [9.17, 15) is 0 Å². The number of guanidine groups is 1. The van der Waals surface area contributed by atoms with E-state index in [1.54, 1.807) is 7.11 Å². The molecule has 0 aliphatic carbocycles. The molecule has 0 rings (SSSR count). The fourth-order valence-electron chi connectivity index (χ4n) is 1.83. The fourth-order valence-corrected chi connectivity index (χ4v) is 1.83. The second-order valence-electron chi connectivity index (χ2n) is 5.61. The summed E-state index contributed by atoms with van der Waals surface area (Å²) in [5.74, 6) is 1.70. The lowest BCUT2D eigenvalue weighted by Crippen LogP contribution is -2.41. The Bertz CT molecular complexity index is 250. The number of likely N-dealkylation sites (N-methyl/N-ethyl adjacent to an activating group) is 1. The van der Waals surface area contributed by atoms with Crippen molar-refractivity contribution < 1.29 is 4.74 Å². The molecule has 5 nitrogen and oxygen atoms in total. The molecule has 0 aliphatic rings. The monoisotopic (exact) mass is 414 g/mol. The third-order valence-corrected chi connectivity index (χ3v) is 3.19. The third kappa shape index (κ3) is 16.1. The van der Waals surface area contributed by atoms with E-state index in [0.717, 1.165) is 44.7 Å². The van der Waals surface area contributed by atoms with Crippen LogP contribution >= 0.6 is 24.0 Å². The van der Waals surface area contributed by atoms with E-state index in [4.69, 9.17) is 4.74 Å². The smallest absolute Gasteiger partial charge is 0.191 e. The lowest BCUT2D eigenvalue weighted by atomic mass is 10.1. The van der Waals surface area contributed by atoms with Crippen molar-refractivity contribution >= 4 is 29.9 Å². The number of unbranched alkanes of at least 4 members (excludes halogenated alkanes) is 1. The van der Waals surface area contributed by atoms with Crippen LogP contribution < -0.4 is 10.6 Å². The first kappa shape index (κ1) is 23.2. The predicted molar refractivity (Wildman–Crippen MR) is 103 cm³/mol. The predicted octanol–water partition coefficient (Wildman–Crippen LogP) is 2.17. The highest BCUT2D eigenvalue weighted by Crippen LogP contribution is 2.04. The van der Waals surface area contributed by atoms with Crippen LogP contribution in [0.3, 0.4) is 0 Å². The van der Waals surface area contributed by atoms with Crippen LogP contribution in [-0.2, 0) is 4.74 Å². The maximum absolute atomic E-state index is 5.06. The molecule has 0 aromatic heterocycles. The molecule has 0 fully saturated rings. The molecule has 0 spiro atoms. The van der Waals surface area contributed by atoms with Crippen molar-refractivity contribution in [1.82, 2.24) is 15.5 Å². The van der Waals surface area contributed by atoms with Crippen molar-refractivity contribution in [2.45, 2.75) is 33.1 Å². The summed E-state index contributed by atoms with van der Waals surface area (Å²) in [7, 11) is 5.65. The number of methoxy groups -OCH3 is 1.